The van der Waals surface area contributed by atoms with E-state index in [4.69, 9.17) is 4.74 Å². The van der Waals surface area contributed by atoms with Gasteiger partial charge in [0.1, 0.15) is 12.4 Å². The van der Waals surface area contributed by atoms with Crippen molar-refractivity contribution in [3.63, 3.8) is 0 Å². The van der Waals surface area contributed by atoms with Gasteiger partial charge in [0, 0.05) is 17.6 Å². The minimum Gasteiger partial charge on any atom is -0.492 e. The highest BCUT2D eigenvalue weighted by Crippen LogP contribution is 2.24. The second-order valence-electron chi connectivity index (χ2n) is 5.63. The van der Waals surface area contributed by atoms with Crippen molar-refractivity contribution in [1.82, 2.24) is 5.32 Å². The van der Waals surface area contributed by atoms with E-state index in [9.17, 15) is 0 Å². The molecule has 3 heteroatoms. The van der Waals surface area contributed by atoms with Gasteiger partial charge < -0.3 is 10.1 Å². The van der Waals surface area contributed by atoms with Crippen LogP contribution in [0.1, 0.15) is 27.7 Å². The Bertz CT molecular complexity index is 363. The molecular weight excluding hydrogens is 290 g/mol. The summed E-state index contributed by atoms with van der Waals surface area (Å²) < 4.78 is 6.72. The molecule has 0 bridgehead atoms. The van der Waals surface area contributed by atoms with Gasteiger partial charge >= 0.3 is 0 Å². The van der Waals surface area contributed by atoms with Crippen molar-refractivity contribution in [3.8, 4) is 5.75 Å². The molecule has 0 saturated carbocycles. The van der Waals surface area contributed by atoms with Crippen LogP contribution in [0.25, 0.3) is 0 Å². The minimum atomic E-state index is 0.329. The zero-order valence-electron chi connectivity index (χ0n) is 11.8. The summed E-state index contributed by atoms with van der Waals surface area (Å²) in [5.41, 5.74) is 0.329. The van der Waals surface area contributed by atoms with E-state index in [2.05, 4.69) is 48.9 Å². The number of halogens is 1. The second-order valence-corrected chi connectivity index (χ2v) is 6.54. The Labute approximate surface area is 119 Å². The number of rotatable bonds is 7. The fourth-order valence-corrected chi connectivity index (χ4v) is 1.79. The first kappa shape index (κ1) is 15.5. The molecule has 0 spiro atoms. The van der Waals surface area contributed by atoms with E-state index in [0.717, 1.165) is 23.3 Å². The molecule has 0 unspecified atom stereocenters. The van der Waals surface area contributed by atoms with E-state index in [-0.39, 0.29) is 0 Å². The predicted octanol–water partition coefficient (Wildman–Crippen LogP) is 4.10. The summed E-state index contributed by atoms with van der Waals surface area (Å²) in [5.74, 6) is 1.59. The highest BCUT2D eigenvalue weighted by atomic mass is 79.9. The number of hydrogen-bond acceptors (Lipinski definition) is 2. The van der Waals surface area contributed by atoms with Crippen LogP contribution in [0.2, 0.25) is 0 Å². The van der Waals surface area contributed by atoms with Crippen LogP contribution >= 0.6 is 15.9 Å². The summed E-state index contributed by atoms with van der Waals surface area (Å²) in [6, 6.07) is 7.94. The van der Waals surface area contributed by atoms with Gasteiger partial charge in [-0.25, -0.2) is 0 Å². The van der Waals surface area contributed by atoms with E-state index < -0.39 is 0 Å². The third-order valence-electron chi connectivity index (χ3n) is 3.49. The molecule has 1 rings (SSSR count). The molecule has 0 amide bonds. The maximum atomic E-state index is 5.67. The fraction of sp³-hybridized carbons (Fsp3) is 0.600. The number of benzene rings is 1. The Kier molecular flexibility index (Phi) is 6.16. The summed E-state index contributed by atoms with van der Waals surface area (Å²) in [5, 5.41) is 3.46. The molecule has 0 aliphatic heterocycles. The van der Waals surface area contributed by atoms with E-state index >= 15 is 0 Å². The van der Waals surface area contributed by atoms with E-state index in [1.165, 1.54) is 0 Å². The smallest absolute Gasteiger partial charge is 0.120 e. The molecule has 1 N–H and O–H groups in total. The molecule has 0 aliphatic carbocycles. The van der Waals surface area contributed by atoms with Gasteiger partial charge in [-0.1, -0.05) is 49.7 Å². The molecule has 0 fully saturated rings. The van der Waals surface area contributed by atoms with Gasteiger partial charge in [0.15, 0.2) is 0 Å². The topological polar surface area (TPSA) is 21.3 Å². The SMILES string of the molecule is CC(C)C(C)(C)CNCCOc1cccc(Br)c1. The Morgan fingerprint density at radius 2 is 2.06 bits per heavy atom. The van der Waals surface area contributed by atoms with Gasteiger partial charge in [0.05, 0.1) is 0 Å². The third-order valence-corrected chi connectivity index (χ3v) is 3.98. The number of hydrogen-bond donors (Lipinski definition) is 1. The Balaban J connectivity index is 2.20. The lowest BCUT2D eigenvalue weighted by molar-refractivity contribution is 0.228. The van der Waals surface area contributed by atoms with Crippen LogP contribution in [-0.4, -0.2) is 19.7 Å². The van der Waals surface area contributed by atoms with Crippen LogP contribution < -0.4 is 10.1 Å². The Hall–Kier alpha value is -0.540. The van der Waals surface area contributed by atoms with Crippen LogP contribution in [0.15, 0.2) is 28.7 Å². The highest BCUT2D eigenvalue weighted by molar-refractivity contribution is 9.10. The van der Waals surface area contributed by atoms with Gasteiger partial charge in [-0.3, -0.25) is 0 Å². The maximum absolute atomic E-state index is 5.67. The van der Waals surface area contributed by atoms with Crippen molar-refractivity contribution in [1.29, 1.82) is 0 Å². The second kappa shape index (κ2) is 7.15. The first-order chi connectivity index (χ1) is 8.42. The average Bonchev–Trinajstić information content (AvgIpc) is 2.28. The van der Waals surface area contributed by atoms with Crippen molar-refractivity contribution >= 4 is 15.9 Å². The minimum absolute atomic E-state index is 0.329. The fourth-order valence-electron chi connectivity index (χ4n) is 1.41. The molecule has 1 aromatic carbocycles. The lowest BCUT2D eigenvalue weighted by Gasteiger charge is -2.29. The third kappa shape index (κ3) is 5.40. The molecule has 0 aliphatic rings. The van der Waals surface area contributed by atoms with Gasteiger partial charge in [-0.15, -0.1) is 0 Å². The van der Waals surface area contributed by atoms with Gasteiger partial charge in [0.2, 0.25) is 0 Å². The van der Waals surface area contributed by atoms with Crippen molar-refractivity contribution in [3.05, 3.63) is 28.7 Å². The first-order valence-corrected chi connectivity index (χ1v) is 7.30. The predicted molar refractivity (Wildman–Crippen MR) is 81.1 cm³/mol. The van der Waals surface area contributed by atoms with E-state index in [0.29, 0.717) is 17.9 Å². The van der Waals surface area contributed by atoms with Crippen LogP contribution in [0.3, 0.4) is 0 Å². The average molecular weight is 314 g/mol. The molecule has 1 aromatic rings. The monoisotopic (exact) mass is 313 g/mol. The highest BCUT2D eigenvalue weighted by Gasteiger charge is 2.21. The first-order valence-electron chi connectivity index (χ1n) is 6.51. The molecule has 18 heavy (non-hydrogen) atoms. The van der Waals surface area contributed by atoms with Crippen LogP contribution in [0.4, 0.5) is 0 Å². The molecule has 0 heterocycles. The molecule has 0 atom stereocenters. The molecule has 0 radical (unpaired) electrons. The molecule has 0 saturated heterocycles. The number of nitrogens with one attached hydrogen (secondary N) is 1. The van der Waals surface area contributed by atoms with Crippen LogP contribution in [-0.2, 0) is 0 Å². The van der Waals surface area contributed by atoms with Crippen molar-refractivity contribution in [2.75, 3.05) is 19.7 Å². The quantitative estimate of drug-likeness (QED) is 0.765. The maximum Gasteiger partial charge on any atom is 0.120 e. The number of ether oxygens (including phenoxy) is 1. The standard InChI is InChI=1S/C15H24BrNO/c1-12(2)15(3,4)11-17-8-9-18-14-7-5-6-13(16)10-14/h5-7,10,12,17H,8-9,11H2,1-4H3. The summed E-state index contributed by atoms with van der Waals surface area (Å²) in [4.78, 5) is 0. The zero-order valence-corrected chi connectivity index (χ0v) is 13.4. The molecule has 102 valence electrons. The summed E-state index contributed by atoms with van der Waals surface area (Å²) in [6.07, 6.45) is 0. The summed E-state index contributed by atoms with van der Waals surface area (Å²) >= 11 is 3.43. The van der Waals surface area contributed by atoms with Crippen molar-refractivity contribution in [2.45, 2.75) is 27.7 Å². The van der Waals surface area contributed by atoms with Gasteiger partial charge in [-0.2, -0.15) is 0 Å². The zero-order chi connectivity index (χ0) is 13.6. The molecule has 2 nitrogen and oxygen atoms in total. The summed E-state index contributed by atoms with van der Waals surface area (Å²) in [7, 11) is 0. The van der Waals surface area contributed by atoms with Crippen LogP contribution in [0, 0.1) is 11.3 Å². The Morgan fingerprint density at radius 3 is 2.67 bits per heavy atom. The lowest BCUT2D eigenvalue weighted by atomic mass is 9.81. The Morgan fingerprint density at radius 1 is 1.33 bits per heavy atom. The van der Waals surface area contributed by atoms with Gasteiger partial charge in [0.25, 0.3) is 0 Å². The molecular formula is C15H24BrNO. The lowest BCUT2D eigenvalue weighted by Crippen LogP contribution is -2.35. The van der Waals surface area contributed by atoms with E-state index in [1.807, 2.05) is 24.3 Å². The van der Waals surface area contributed by atoms with Crippen molar-refractivity contribution in [2.24, 2.45) is 11.3 Å². The molecule has 0 aromatic heterocycles. The van der Waals surface area contributed by atoms with Gasteiger partial charge in [-0.05, 0) is 29.5 Å². The van der Waals surface area contributed by atoms with Crippen molar-refractivity contribution < 1.29 is 4.74 Å². The van der Waals surface area contributed by atoms with E-state index in [1.54, 1.807) is 0 Å². The van der Waals surface area contributed by atoms with Crippen LogP contribution in [0.5, 0.6) is 5.75 Å². The summed E-state index contributed by atoms with van der Waals surface area (Å²) in [6.45, 7) is 11.7. The normalized spacial score (nSPS) is 11.9. The largest absolute Gasteiger partial charge is 0.492 e.